The second kappa shape index (κ2) is 6.25. The van der Waals surface area contributed by atoms with Crippen molar-refractivity contribution in [3.8, 4) is 0 Å². The fourth-order valence-corrected chi connectivity index (χ4v) is 3.27. The van der Waals surface area contributed by atoms with E-state index in [0.717, 1.165) is 41.4 Å². The Morgan fingerprint density at radius 3 is 1.94 bits per heavy atom. The molecule has 0 heterocycles. The first kappa shape index (κ1) is 15.1. The molecule has 1 saturated carbocycles. The minimum absolute atomic E-state index is 0.834. The average Bonchev–Trinajstić information content (AvgIpc) is 3.02. The quantitative estimate of drug-likeness (QED) is 0.540. The van der Waals surface area contributed by atoms with Crippen LogP contribution in [0.1, 0.15) is 67.7 Å². The van der Waals surface area contributed by atoms with Gasteiger partial charge in [0.05, 0.1) is 0 Å². The number of rotatable bonds is 7. The third-order valence-electron chi connectivity index (χ3n) is 5.48. The predicted octanol–water partition coefficient (Wildman–Crippen LogP) is 5.62. The van der Waals surface area contributed by atoms with E-state index in [1.807, 2.05) is 0 Å². The summed E-state index contributed by atoms with van der Waals surface area (Å²) in [4.78, 5) is 0. The zero-order valence-corrected chi connectivity index (χ0v) is 13.2. The number of hydrogen-bond acceptors (Lipinski definition) is 0. The van der Waals surface area contributed by atoms with Crippen molar-refractivity contribution in [2.24, 2.45) is 41.4 Å². The summed E-state index contributed by atoms with van der Waals surface area (Å²) in [6.07, 6.45) is 4.43. The molecule has 0 aromatic rings. The van der Waals surface area contributed by atoms with E-state index < -0.39 is 0 Å². The van der Waals surface area contributed by atoms with Crippen LogP contribution in [0.3, 0.4) is 0 Å². The minimum atomic E-state index is 0.834. The molecule has 5 unspecified atom stereocenters. The lowest BCUT2D eigenvalue weighted by atomic mass is 9.76. The van der Waals surface area contributed by atoms with E-state index in [2.05, 4.69) is 48.5 Å². The van der Waals surface area contributed by atoms with Crippen molar-refractivity contribution >= 4 is 0 Å². The zero-order chi connectivity index (χ0) is 13.2. The summed E-state index contributed by atoms with van der Waals surface area (Å²) in [5, 5.41) is 0. The molecule has 0 bridgehead atoms. The molecule has 0 aliphatic heterocycles. The van der Waals surface area contributed by atoms with E-state index in [4.69, 9.17) is 0 Å². The van der Waals surface area contributed by atoms with Crippen LogP contribution in [0.4, 0.5) is 0 Å². The molecule has 5 atom stereocenters. The second-order valence-corrected chi connectivity index (χ2v) is 7.45. The van der Waals surface area contributed by atoms with Crippen molar-refractivity contribution < 1.29 is 0 Å². The van der Waals surface area contributed by atoms with E-state index in [-0.39, 0.29) is 0 Å². The summed E-state index contributed by atoms with van der Waals surface area (Å²) in [6, 6.07) is 0. The molecule has 0 nitrogen and oxygen atoms in total. The fourth-order valence-electron chi connectivity index (χ4n) is 3.27. The Morgan fingerprint density at radius 2 is 1.47 bits per heavy atom. The van der Waals surface area contributed by atoms with Gasteiger partial charge in [-0.25, -0.2) is 0 Å². The van der Waals surface area contributed by atoms with Crippen molar-refractivity contribution in [2.45, 2.75) is 67.7 Å². The van der Waals surface area contributed by atoms with Gasteiger partial charge in [-0.15, -0.1) is 0 Å². The van der Waals surface area contributed by atoms with Crippen LogP contribution in [0.5, 0.6) is 0 Å². The van der Waals surface area contributed by atoms with Crippen LogP contribution in [0.15, 0.2) is 0 Å². The number of hydrogen-bond donors (Lipinski definition) is 0. The molecule has 17 heavy (non-hydrogen) atoms. The molecular formula is C17H34. The van der Waals surface area contributed by atoms with E-state index in [1.54, 1.807) is 0 Å². The van der Waals surface area contributed by atoms with Crippen molar-refractivity contribution in [1.82, 2.24) is 0 Å². The van der Waals surface area contributed by atoms with Crippen LogP contribution < -0.4 is 0 Å². The van der Waals surface area contributed by atoms with E-state index in [9.17, 15) is 0 Å². The lowest BCUT2D eigenvalue weighted by Crippen LogP contribution is -2.22. The van der Waals surface area contributed by atoms with Gasteiger partial charge in [0.25, 0.3) is 0 Å². The predicted molar refractivity (Wildman–Crippen MR) is 78.0 cm³/mol. The molecule has 102 valence electrons. The summed E-state index contributed by atoms with van der Waals surface area (Å²) in [7, 11) is 0. The Morgan fingerprint density at radius 1 is 0.882 bits per heavy atom. The molecule has 1 aliphatic rings. The molecule has 0 N–H and O–H groups in total. The van der Waals surface area contributed by atoms with Gasteiger partial charge in [0.15, 0.2) is 0 Å². The smallest absolute Gasteiger partial charge is 0.0355 e. The van der Waals surface area contributed by atoms with Crippen LogP contribution in [0, 0.1) is 41.4 Å². The van der Waals surface area contributed by atoms with E-state index in [1.165, 1.54) is 19.3 Å². The maximum Gasteiger partial charge on any atom is -0.0355 e. The van der Waals surface area contributed by atoms with E-state index in [0.29, 0.717) is 0 Å². The lowest BCUT2D eigenvalue weighted by molar-refractivity contribution is 0.198. The first-order chi connectivity index (χ1) is 7.84. The topological polar surface area (TPSA) is 0 Å². The third-order valence-corrected chi connectivity index (χ3v) is 5.48. The van der Waals surface area contributed by atoms with Crippen LogP contribution in [-0.2, 0) is 0 Å². The monoisotopic (exact) mass is 238 g/mol. The van der Waals surface area contributed by atoms with Crippen molar-refractivity contribution in [3.63, 3.8) is 0 Å². The zero-order valence-electron chi connectivity index (χ0n) is 13.2. The van der Waals surface area contributed by atoms with Crippen molar-refractivity contribution in [3.05, 3.63) is 0 Å². The van der Waals surface area contributed by atoms with Crippen LogP contribution in [0.25, 0.3) is 0 Å². The van der Waals surface area contributed by atoms with Gasteiger partial charge >= 0.3 is 0 Å². The molecule has 0 saturated heterocycles. The third kappa shape index (κ3) is 4.30. The SMILES string of the molecule is CC(C)CCC1CC1C(C)C(C)C(C)C(C)C. The molecular weight excluding hydrogens is 204 g/mol. The summed E-state index contributed by atoms with van der Waals surface area (Å²) in [6.45, 7) is 16.9. The first-order valence-electron chi connectivity index (χ1n) is 7.84. The maximum absolute atomic E-state index is 2.50. The molecule has 0 spiro atoms. The Labute approximate surface area is 110 Å². The fraction of sp³-hybridized carbons (Fsp3) is 1.00. The summed E-state index contributed by atoms with van der Waals surface area (Å²) >= 11 is 0. The lowest BCUT2D eigenvalue weighted by Gasteiger charge is -2.29. The summed E-state index contributed by atoms with van der Waals surface area (Å²) in [5.41, 5.74) is 0. The second-order valence-electron chi connectivity index (χ2n) is 7.45. The molecule has 1 rings (SSSR count). The molecule has 1 aliphatic carbocycles. The van der Waals surface area contributed by atoms with Gasteiger partial charge in [0.2, 0.25) is 0 Å². The molecule has 0 radical (unpaired) electrons. The molecule has 0 aromatic heterocycles. The Kier molecular flexibility index (Phi) is 5.54. The van der Waals surface area contributed by atoms with Gasteiger partial charge < -0.3 is 0 Å². The Balaban J connectivity index is 2.33. The Hall–Kier alpha value is 0. The van der Waals surface area contributed by atoms with Gasteiger partial charge in [0.1, 0.15) is 0 Å². The highest BCUT2D eigenvalue weighted by Crippen LogP contribution is 2.51. The highest BCUT2D eigenvalue weighted by Gasteiger charge is 2.42. The van der Waals surface area contributed by atoms with Crippen LogP contribution in [0.2, 0.25) is 0 Å². The first-order valence-corrected chi connectivity index (χ1v) is 7.84. The summed E-state index contributed by atoms with van der Waals surface area (Å²) in [5.74, 6) is 6.53. The van der Waals surface area contributed by atoms with Crippen molar-refractivity contribution in [1.29, 1.82) is 0 Å². The van der Waals surface area contributed by atoms with Gasteiger partial charge in [-0.05, 0) is 54.3 Å². The van der Waals surface area contributed by atoms with Gasteiger partial charge in [-0.1, -0.05) is 54.9 Å². The van der Waals surface area contributed by atoms with Crippen molar-refractivity contribution in [2.75, 3.05) is 0 Å². The Bertz CT molecular complexity index is 216. The normalized spacial score (nSPS) is 29.5. The van der Waals surface area contributed by atoms with E-state index >= 15 is 0 Å². The van der Waals surface area contributed by atoms with Crippen LogP contribution in [-0.4, -0.2) is 0 Å². The standard InChI is InChI=1S/C17H34/c1-11(2)8-9-16-10-17(16)15(7)14(6)13(5)12(3)4/h11-17H,8-10H2,1-7H3. The average molecular weight is 238 g/mol. The maximum atomic E-state index is 2.50. The highest BCUT2D eigenvalue weighted by molar-refractivity contribution is 4.92. The van der Waals surface area contributed by atoms with Gasteiger partial charge in [-0.3, -0.25) is 0 Å². The van der Waals surface area contributed by atoms with Gasteiger partial charge in [0, 0.05) is 0 Å². The minimum Gasteiger partial charge on any atom is -0.0628 e. The molecule has 0 amide bonds. The summed E-state index contributed by atoms with van der Waals surface area (Å²) < 4.78 is 0. The molecule has 0 aromatic carbocycles. The molecule has 1 fully saturated rings. The largest absolute Gasteiger partial charge is 0.0628 e. The van der Waals surface area contributed by atoms with Gasteiger partial charge in [-0.2, -0.15) is 0 Å². The van der Waals surface area contributed by atoms with Crippen LogP contribution >= 0.6 is 0 Å². The highest BCUT2D eigenvalue weighted by atomic mass is 14.5. The molecule has 0 heteroatoms.